The zero-order valence-corrected chi connectivity index (χ0v) is 13.6. The van der Waals surface area contributed by atoms with E-state index in [1.54, 1.807) is 48.5 Å². The molecule has 0 spiro atoms. The molecule has 4 rings (SSSR count). The Labute approximate surface area is 145 Å². The van der Waals surface area contributed by atoms with Crippen molar-refractivity contribution in [1.29, 1.82) is 0 Å². The highest BCUT2D eigenvalue weighted by molar-refractivity contribution is 6.34. The van der Waals surface area contributed by atoms with E-state index in [9.17, 15) is 9.59 Å². The SMILES string of the molecule is Cc1cccc(Oc2ccc(N3C(=O)c4ccccc4C3=O)cc2)c1. The number of imide groups is 1. The van der Waals surface area contributed by atoms with Crippen molar-refractivity contribution in [2.45, 2.75) is 6.92 Å². The fourth-order valence-corrected chi connectivity index (χ4v) is 2.90. The Balaban J connectivity index is 1.59. The molecule has 0 N–H and O–H groups in total. The van der Waals surface area contributed by atoms with Crippen molar-refractivity contribution in [2.24, 2.45) is 0 Å². The van der Waals surface area contributed by atoms with Gasteiger partial charge in [-0.25, -0.2) is 4.90 Å². The molecule has 0 bridgehead atoms. The Morgan fingerprint density at radius 1 is 0.720 bits per heavy atom. The summed E-state index contributed by atoms with van der Waals surface area (Å²) in [7, 11) is 0. The second-order valence-electron chi connectivity index (χ2n) is 5.90. The van der Waals surface area contributed by atoms with Crippen molar-refractivity contribution in [3.05, 3.63) is 89.5 Å². The van der Waals surface area contributed by atoms with Gasteiger partial charge < -0.3 is 4.74 Å². The molecule has 0 unspecified atom stereocenters. The number of fused-ring (bicyclic) bond motifs is 1. The lowest BCUT2D eigenvalue weighted by molar-refractivity contribution is 0.0926. The Morgan fingerprint density at radius 3 is 1.96 bits per heavy atom. The summed E-state index contributed by atoms with van der Waals surface area (Å²) >= 11 is 0. The average Bonchev–Trinajstić information content (AvgIpc) is 2.87. The lowest BCUT2D eigenvalue weighted by Gasteiger charge is -2.14. The van der Waals surface area contributed by atoms with Gasteiger partial charge in [0, 0.05) is 0 Å². The van der Waals surface area contributed by atoms with Crippen molar-refractivity contribution < 1.29 is 14.3 Å². The molecule has 122 valence electrons. The predicted molar refractivity (Wildman–Crippen MR) is 95.3 cm³/mol. The van der Waals surface area contributed by atoms with E-state index in [2.05, 4.69) is 0 Å². The highest BCUT2D eigenvalue weighted by atomic mass is 16.5. The van der Waals surface area contributed by atoms with Crippen molar-refractivity contribution in [3.8, 4) is 11.5 Å². The summed E-state index contributed by atoms with van der Waals surface area (Å²) in [6.45, 7) is 2.00. The molecule has 0 radical (unpaired) electrons. The van der Waals surface area contributed by atoms with E-state index in [0.29, 0.717) is 22.6 Å². The fourth-order valence-electron chi connectivity index (χ4n) is 2.90. The van der Waals surface area contributed by atoms with Gasteiger partial charge in [0.05, 0.1) is 16.8 Å². The van der Waals surface area contributed by atoms with Gasteiger partial charge in [0.15, 0.2) is 0 Å². The summed E-state index contributed by atoms with van der Waals surface area (Å²) in [4.78, 5) is 26.2. The molecule has 4 heteroatoms. The van der Waals surface area contributed by atoms with E-state index in [-0.39, 0.29) is 11.8 Å². The Hall–Kier alpha value is -3.40. The highest BCUT2D eigenvalue weighted by Crippen LogP contribution is 2.30. The first kappa shape index (κ1) is 15.1. The topological polar surface area (TPSA) is 46.6 Å². The molecule has 0 atom stereocenters. The summed E-state index contributed by atoms with van der Waals surface area (Å²) in [5.41, 5.74) is 2.52. The van der Waals surface area contributed by atoms with E-state index in [4.69, 9.17) is 4.74 Å². The van der Waals surface area contributed by atoms with Gasteiger partial charge >= 0.3 is 0 Å². The molecule has 0 aliphatic carbocycles. The molecule has 1 aliphatic heterocycles. The van der Waals surface area contributed by atoms with Crippen molar-refractivity contribution in [1.82, 2.24) is 0 Å². The smallest absolute Gasteiger partial charge is 0.266 e. The number of amides is 2. The molecular weight excluding hydrogens is 314 g/mol. The minimum atomic E-state index is -0.298. The van der Waals surface area contributed by atoms with Gasteiger partial charge in [-0.3, -0.25) is 9.59 Å². The van der Waals surface area contributed by atoms with Crippen LogP contribution >= 0.6 is 0 Å². The van der Waals surface area contributed by atoms with Crippen LogP contribution in [0.5, 0.6) is 11.5 Å². The molecule has 0 saturated carbocycles. The van der Waals surface area contributed by atoms with Gasteiger partial charge in [-0.05, 0) is 61.0 Å². The number of anilines is 1. The van der Waals surface area contributed by atoms with Crippen LogP contribution in [0.2, 0.25) is 0 Å². The van der Waals surface area contributed by atoms with Crippen molar-refractivity contribution in [3.63, 3.8) is 0 Å². The number of benzene rings is 3. The predicted octanol–water partition coefficient (Wildman–Crippen LogP) is 4.59. The summed E-state index contributed by atoms with van der Waals surface area (Å²) in [6.07, 6.45) is 0. The number of ether oxygens (including phenoxy) is 1. The van der Waals surface area contributed by atoms with E-state index >= 15 is 0 Å². The minimum absolute atomic E-state index is 0.298. The average molecular weight is 329 g/mol. The first-order valence-corrected chi connectivity index (χ1v) is 7.96. The molecule has 0 aromatic heterocycles. The molecular formula is C21H15NO3. The largest absolute Gasteiger partial charge is 0.457 e. The van der Waals surface area contributed by atoms with Crippen molar-refractivity contribution in [2.75, 3.05) is 4.90 Å². The summed E-state index contributed by atoms with van der Waals surface area (Å²) in [5.74, 6) is 0.792. The molecule has 1 aliphatic rings. The minimum Gasteiger partial charge on any atom is -0.457 e. The molecule has 3 aromatic rings. The maximum absolute atomic E-state index is 12.5. The fraction of sp³-hybridized carbons (Fsp3) is 0.0476. The maximum atomic E-state index is 12.5. The quantitative estimate of drug-likeness (QED) is 0.660. The summed E-state index contributed by atoms with van der Waals surface area (Å²) in [6, 6.07) is 21.5. The number of aryl methyl sites for hydroxylation is 1. The number of rotatable bonds is 3. The van der Waals surface area contributed by atoms with Crippen molar-refractivity contribution >= 4 is 17.5 Å². The lowest BCUT2D eigenvalue weighted by Crippen LogP contribution is -2.29. The number of carbonyl (C=O) groups excluding carboxylic acids is 2. The first-order chi connectivity index (χ1) is 12.1. The molecule has 3 aromatic carbocycles. The third kappa shape index (κ3) is 2.68. The van der Waals surface area contributed by atoms with Crippen LogP contribution in [0, 0.1) is 6.92 Å². The number of hydrogen-bond acceptors (Lipinski definition) is 3. The van der Waals surface area contributed by atoms with Gasteiger partial charge in [0.2, 0.25) is 0 Å². The maximum Gasteiger partial charge on any atom is 0.266 e. The summed E-state index contributed by atoms with van der Waals surface area (Å²) in [5, 5.41) is 0. The van der Waals surface area contributed by atoms with Crippen LogP contribution in [0.3, 0.4) is 0 Å². The zero-order chi connectivity index (χ0) is 17.4. The third-order valence-electron chi connectivity index (χ3n) is 4.11. The number of nitrogens with zero attached hydrogens (tertiary/aromatic N) is 1. The monoisotopic (exact) mass is 329 g/mol. The van der Waals surface area contributed by atoms with Gasteiger partial charge in [-0.15, -0.1) is 0 Å². The van der Waals surface area contributed by atoms with Crippen LogP contribution in [-0.2, 0) is 0 Å². The van der Waals surface area contributed by atoms with E-state index < -0.39 is 0 Å². The molecule has 25 heavy (non-hydrogen) atoms. The molecule has 1 heterocycles. The molecule has 0 saturated heterocycles. The molecule has 2 amide bonds. The normalized spacial score (nSPS) is 13.1. The Morgan fingerprint density at radius 2 is 1.36 bits per heavy atom. The second-order valence-corrected chi connectivity index (χ2v) is 5.90. The second kappa shape index (κ2) is 5.91. The van der Waals surface area contributed by atoms with Gasteiger partial charge in [-0.2, -0.15) is 0 Å². The van der Waals surface area contributed by atoms with Crippen LogP contribution < -0.4 is 9.64 Å². The Kier molecular flexibility index (Phi) is 3.58. The van der Waals surface area contributed by atoms with E-state index in [1.807, 2.05) is 31.2 Å². The summed E-state index contributed by atoms with van der Waals surface area (Å²) < 4.78 is 5.80. The highest BCUT2D eigenvalue weighted by Gasteiger charge is 2.36. The van der Waals surface area contributed by atoms with Crippen LogP contribution in [-0.4, -0.2) is 11.8 Å². The molecule has 0 fully saturated rings. The standard InChI is InChI=1S/C21H15NO3/c1-14-5-4-6-17(13-14)25-16-11-9-15(10-12-16)22-20(23)18-7-2-3-8-19(18)21(22)24/h2-13H,1H3. The molecule has 4 nitrogen and oxygen atoms in total. The first-order valence-electron chi connectivity index (χ1n) is 7.96. The Bertz CT molecular complexity index is 941. The van der Waals surface area contributed by atoms with Crippen LogP contribution in [0.15, 0.2) is 72.8 Å². The van der Waals surface area contributed by atoms with Gasteiger partial charge in [0.1, 0.15) is 11.5 Å². The number of carbonyl (C=O) groups is 2. The number of hydrogen-bond donors (Lipinski definition) is 0. The lowest BCUT2D eigenvalue weighted by atomic mass is 10.1. The van der Waals surface area contributed by atoms with E-state index in [0.717, 1.165) is 11.3 Å². The van der Waals surface area contributed by atoms with Gasteiger partial charge in [0.25, 0.3) is 11.8 Å². The zero-order valence-electron chi connectivity index (χ0n) is 13.6. The van der Waals surface area contributed by atoms with Crippen LogP contribution in [0.25, 0.3) is 0 Å². The van der Waals surface area contributed by atoms with Crippen LogP contribution in [0.1, 0.15) is 26.3 Å². The van der Waals surface area contributed by atoms with E-state index in [1.165, 1.54) is 4.90 Å². The van der Waals surface area contributed by atoms with Gasteiger partial charge in [-0.1, -0.05) is 24.3 Å². The third-order valence-corrected chi connectivity index (χ3v) is 4.11. The van der Waals surface area contributed by atoms with Crippen LogP contribution in [0.4, 0.5) is 5.69 Å².